The second-order valence-corrected chi connectivity index (χ2v) is 8.76. The number of carbonyl (C=O) groups excluding carboxylic acids is 3. The number of aliphatic hydroxyl groups excluding tert-OH is 2. The van der Waals surface area contributed by atoms with Gasteiger partial charge in [0.05, 0.1) is 18.2 Å². The maximum Gasteiger partial charge on any atom is 0.247 e. The van der Waals surface area contributed by atoms with Crippen molar-refractivity contribution in [3.63, 3.8) is 0 Å². The normalized spacial score (nSPS) is 22.2. The molecule has 33 heavy (non-hydrogen) atoms. The van der Waals surface area contributed by atoms with Crippen LogP contribution in [0.2, 0.25) is 0 Å². The number of aromatic hydroxyl groups is 1. The molecule has 0 aliphatic heterocycles. The van der Waals surface area contributed by atoms with Gasteiger partial charge in [0, 0.05) is 18.4 Å². The van der Waals surface area contributed by atoms with Crippen molar-refractivity contribution in [1.29, 1.82) is 0 Å². The van der Waals surface area contributed by atoms with E-state index in [0.29, 0.717) is 12.0 Å². The summed E-state index contributed by atoms with van der Waals surface area (Å²) in [6.07, 6.45) is -0.632. The molecule has 0 aromatic heterocycles. The first-order valence-corrected chi connectivity index (χ1v) is 10.9. The number of benzene rings is 1. The van der Waals surface area contributed by atoms with Crippen LogP contribution >= 0.6 is 0 Å². The minimum atomic E-state index is -1.29. The molecule has 5 atom stereocenters. The van der Waals surface area contributed by atoms with Gasteiger partial charge in [-0.3, -0.25) is 14.4 Å². The highest BCUT2D eigenvalue weighted by molar-refractivity contribution is 5.97. The fourth-order valence-electron chi connectivity index (χ4n) is 3.70. The number of phenols is 1. The van der Waals surface area contributed by atoms with Gasteiger partial charge in [0.1, 0.15) is 17.9 Å². The molecule has 0 heterocycles. The van der Waals surface area contributed by atoms with Crippen molar-refractivity contribution in [2.75, 3.05) is 7.05 Å². The number of aliphatic hydroxyl groups is 2. The lowest BCUT2D eigenvalue weighted by molar-refractivity contribution is -0.126. The molecule has 0 saturated heterocycles. The fourth-order valence-corrected chi connectivity index (χ4v) is 3.70. The van der Waals surface area contributed by atoms with Crippen molar-refractivity contribution >= 4 is 17.7 Å². The first kappa shape index (κ1) is 26.3. The van der Waals surface area contributed by atoms with E-state index in [1.54, 1.807) is 19.2 Å². The van der Waals surface area contributed by atoms with Crippen molar-refractivity contribution in [3.05, 3.63) is 41.5 Å². The smallest absolute Gasteiger partial charge is 0.247 e. The maximum absolute atomic E-state index is 12.8. The highest BCUT2D eigenvalue weighted by atomic mass is 16.3. The Kier molecular flexibility index (Phi) is 9.39. The average Bonchev–Trinajstić information content (AvgIpc) is 2.75. The lowest BCUT2D eigenvalue weighted by Crippen LogP contribution is -2.55. The highest BCUT2D eigenvalue weighted by Crippen LogP contribution is 2.21. The molecule has 1 aliphatic rings. The summed E-state index contributed by atoms with van der Waals surface area (Å²) in [6, 6.07) is 3.64. The molecule has 182 valence electrons. The average molecular weight is 463 g/mol. The third kappa shape index (κ3) is 7.55. The van der Waals surface area contributed by atoms with Gasteiger partial charge in [-0.2, -0.15) is 0 Å². The van der Waals surface area contributed by atoms with Gasteiger partial charge in [-0.15, -0.1) is 0 Å². The van der Waals surface area contributed by atoms with Gasteiger partial charge in [-0.05, 0) is 37.1 Å². The van der Waals surface area contributed by atoms with E-state index < -0.39 is 42.1 Å². The number of nitrogens with one attached hydrogen (secondary N) is 3. The molecule has 1 aliphatic carbocycles. The van der Waals surface area contributed by atoms with Crippen LogP contribution in [0.4, 0.5) is 0 Å². The summed E-state index contributed by atoms with van der Waals surface area (Å²) in [6.45, 7) is 3.96. The quantitative estimate of drug-likeness (QED) is 0.235. The van der Waals surface area contributed by atoms with Gasteiger partial charge in [-0.25, -0.2) is 0 Å². The number of hydrogen-bond acceptors (Lipinski definition) is 7. The summed E-state index contributed by atoms with van der Waals surface area (Å²) in [7, 11) is 1.66. The lowest BCUT2D eigenvalue weighted by atomic mass is 9.89. The second kappa shape index (κ2) is 11.8. The molecular weight excluding hydrogens is 428 g/mol. The highest BCUT2D eigenvalue weighted by Gasteiger charge is 2.35. The first-order chi connectivity index (χ1) is 15.5. The molecule has 0 fully saturated rings. The summed E-state index contributed by atoms with van der Waals surface area (Å²) in [4.78, 5) is 37.4. The standard InChI is InChI=1S/C23H34N4O6/c1-12(2)8-18(25-3)23(33)26-16-10-14(11-19(29)20(16)30)22(32)27-17(21(24)31)9-13-4-6-15(28)7-5-13/h4-7,10,12,16-20,25,28-30H,8-9,11H2,1-3H3,(H2,24,31)(H,26,33)(H,27,32)/t16-,17+,18+,19-,20-/m1/s1. The molecule has 3 amide bonds. The SMILES string of the molecule is CN[C@@H](CC(C)C)C(=O)N[C@@H]1C=C(C(=O)N[C@@H](Cc2ccc(O)cc2)C(N)=O)C[C@@H](O)[C@@H]1O. The molecule has 10 heteroatoms. The lowest BCUT2D eigenvalue weighted by Gasteiger charge is -2.32. The van der Waals surface area contributed by atoms with Crippen LogP contribution in [0.15, 0.2) is 35.9 Å². The van der Waals surface area contributed by atoms with Crippen LogP contribution in [0.1, 0.15) is 32.3 Å². The van der Waals surface area contributed by atoms with Crippen LogP contribution < -0.4 is 21.7 Å². The summed E-state index contributed by atoms with van der Waals surface area (Å²) < 4.78 is 0. The summed E-state index contributed by atoms with van der Waals surface area (Å²) >= 11 is 0. The topological polar surface area (TPSA) is 174 Å². The number of rotatable bonds is 10. The minimum absolute atomic E-state index is 0.0697. The van der Waals surface area contributed by atoms with Gasteiger partial charge in [0.2, 0.25) is 17.7 Å². The Hall–Kier alpha value is -2.95. The molecule has 0 unspecified atom stereocenters. The van der Waals surface area contributed by atoms with Crippen molar-refractivity contribution in [1.82, 2.24) is 16.0 Å². The predicted molar refractivity (Wildman–Crippen MR) is 122 cm³/mol. The summed E-state index contributed by atoms with van der Waals surface area (Å²) in [5.74, 6) is -1.41. The number of nitrogens with two attached hydrogens (primary N) is 1. The summed E-state index contributed by atoms with van der Waals surface area (Å²) in [5.41, 5.74) is 6.25. The zero-order valence-corrected chi connectivity index (χ0v) is 19.1. The Morgan fingerprint density at radius 1 is 1.12 bits per heavy atom. The van der Waals surface area contributed by atoms with E-state index in [1.807, 2.05) is 13.8 Å². The van der Waals surface area contributed by atoms with Crippen LogP contribution in [0.3, 0.4) is 0 Å². The molecule has 1 aromatic rings. The van der Waals surface area contributed by atoms with Crippen LogP contribution in [0.5, 0.6) is 5.75 Å². The number of primary amides is 1. The Morgan fingerprint density at radius 2 is 1.76 bits per heavy atom. The largest absolute Gasteiger partial charge is 0.508 e. The number of likely N-dealkylation sites (N-methyl/N-ethyl adjacent to an activating group) is 1. The molecule has 2 rings (SSSR count). The number of hydrogen-bond donors (Lipinski definition) is 7. The minimum Gasteiger partial charge on any atom is -0.508 e. The van der Waals surface area contributed by atoms with Crippen molar-refractivity contribution in [2.45, 2.75) is 63.4 Å². The summed E-state index contributed by atoms with van der Waals surface area (Å²) in [5, 5.41) is 38.2. The van der Waals surface area contributed by atoms with Crippen LogP contribution in [0.25, 0.3) is 0 Å². The Bertz CT molecular complexity index is 870. The molecule has 1 aromatic carbocycles. The van der Waals surface area contributed by atoms with Crippen LogP contribution in [-0.4, -0.2) is 70.4 Å². The van der Waals surface area contributed by atoms with Gasteiger partial charge in [0.15, 0.2) is 0 Å². The molecule has 10 nitrogen and oxygen atoms in total. The number of amides is 3. The van der Waals surface area contributed by atoms with Crippen LogP contribution in [0, 0.1) is 5.92 Å². The molecule has 8 N–H and O–H groups in total. The fraction of sp³-hybridized carbons (Fsp3) is 0.522. The van der Waals surface area contributed by atoms with E-state index in [4.69, 9.17) is 5.73 Å². The Morgan fingerprint density at radius 3 is 2.30 bits per heavy atom. The molecular formula is C23H34N4O6. The zero-order valence-electron chi connectivity index (χ0n) is 19.1. The Balaban J connectivity index is 2.13. The molecule has 0 spiro atoms. The first-order valence-electron chi connectivity index (χ1n) is 10.9. The van der Waals surface area contributed by atoms with Crippen LogP contribution in [-0.2, 0) is 20.8 Å². The molecule has 0 saturated carbocycles. The van der Waals surface area contributed by atoms with E-state index in [2.05, 4.69) is 16.0 Å². The third-order valence-electron chi connectivity index (χ3n) is 5.57. The third-order valence-corrected chi connectivity index (χ3v) is 5.57. The van der Waals surface area contributed by atoms with E-state index >= 15 is 0 Å². The van der Waals surface area contributed by atoms with E-state index in [-0.39, 0.29) is 36.0 Å². The number of phenolic OH excluding ortho intramolecular Hbond substituents is 1. The van der Waals surface area contributed by atoms with E-state index in [1.165, 1.54) is 18.2 Å². The second-order valence-electron chi connectivity index (χ2n) is 8.76. The van der Waals surface area contributed by atoms with Crippen molar-refractivity contribution < 1.29 is 29.7 Å². The van der Waals surface area contributed by atoms with Gasteiger partial charge in [0.25, 0.3) is 0 Å². The molecule has 0 bridgehead atoms. The predicted octanol–water partition coefficient (Wildman–Crippen LogP) is -0.924. The Labute approximate surface area is 193 Å². The van der Waals surface area contributed by atoms with E-state index in [9.17, 15) is 29.7 Å². The maximum atomic E-state index is 12.8. The number of carbonyl (C=O) groups is 3. The van der Waals surface area contributed by atoms with Gasteiger partial charge >= 0.3 is 0 Å². The molecule has 0 radical (unpaired) electrons. The van der Waals surface area contributed by atoms with Crippen molar-refractivity contribution in [2.24, 2.45) is 11.7 Å². The zero-order chi connectivity index (χ0) is 24.7. The van der Waals surface area contributed by atoms with E-state index in [0.717, 1.165) is 0 Å². The van der Waals surface area contributed by atoms with Gasteiger partial charge < -0.3 is 37.0 Å². The van der Waals surface area contributed by atoms with Crippen molar-refractivity contribution in [3.8, 4) is 5.75 Å². The van der Waals surface area contributed by atoms with Gasteiger partial charge in [-0.1, -0.05) is 32.1 Å². The monoisotopic (exact) mass is 462 g/mol.